The summed E-state index contributed by atoms with van der Waals surface area (Å²) in [6, 6.07) is 3.92. The van der Waals surface area contributed by atoms with Crippen molar-refractivity contribution in [3.63, 3.8) is 0 Å². The fourth-order valence-electron chi connectivity index (χ4n) is 1.56. The molecule has 0 bridgehead atoms. The van der Waals surface area contributed by atoms with Crippen molar-refractivity contribution in [1.82, 2.24) is 10.3 Å². The van der Waals surface area contributed by atoms with Gasteiger partial charge in [-0.3, -0.25) is 9.78 Å². The molecular weight excluding hydrogens is 234 g/mol. The van der Waals surface area contributed by atoms with Gasteiger partial charge < -0.3 is 11.1 Å². The topological polar surface area (TPSA) is 68.0 Å². The van der Waals surface area contributed by atoms with Crippen molar-refractivity contribution in [3.05, 3.63) is 24.5 Å². The van der Waals surface area contributed by atoms with Crippen LogP contribution >= 0.6 is 11.8 Å². The first-order valence-electron chi connectivity index (χ1n) is 5.81. The summed E-state index contributed by atoms with van der Waals surface area (Å²) in [6.45, 7) is 0.598. The highest BCUT2D eigenvalue weighted by Gasteiger charge is 2.28. The first kappa shape index (κ1) is 12.4. The molecule has 1 aromatic rings. The molecule has 5 heteroatoms. The van der Waals surface area contributed by atoms with Gasteiger partial charge in [-0.25, -0.2) is 0 Å². The Hall–Kier alpha value is -1.07. The number of rotatable bonds is 6. The van der Waals surface area contributed by atoms with E-state index in [2.05, 4.69) is 10.3 Å². The van der Waals surface area contributed by atoms with Gasteiger partial charge >= 0.3 is 0 Å². The van der Waals surface area contributed by atoms with E-state index in [0.29, 0.717) is 18.2 Å². The van der Waals surface area contributed by atoms with Gasteiger partial charge in [0.25, 0.3) is 0 Å². The fraction of sp³-hybridized carbons (Fsp3) is 0.500. The number of amides is 1. The molecular formula is C12H17N3OS. The third-order valence-electron chi connectivity index (χ3n) is 2.78. The lowest BCUT2D eigenvalue weighted by molar-refractivity contribution is -0.118. The van der Waals surface area contributed by atoms with Gasteiger partial charge in [-0.05, 0) is 30.9 Å². The van der Waals surface area contributed by atoms with Crippen molar-refractivity contribution in [3.8, 4) is 0 Å². The Morgan fingerprint density at radius 2 is 2.24 bits per heavy atom. The van der Waals surface area contributed by atoms with E-state index in [0.717, 1.165) is 4.90 Å². The predicted octanol–water partition coefficient (Wildman–Crippen LogP) is 1.03. The number of thioether (sulfide) groups is 1. The summed E-state index contributed by atoms with van der Waals surface area (Å²) < 4.78 is 0. The lowest BCUT2D eigenvalue weighted by Crippen LogP contribution is -2.39. The molecule has 92 valence electrons. The average molecular weight is 251 g/mol. The Kier molecular flexibility index (Phi) is 4.39. The van der Waals surface area contributed by atoms with Crippen molar-refractivity contribution in [2.45, 2.75) is 23.8 Å². The van der Waals surface area contributed by atoms with E-state index in [1.807, 2.05) is 12.1 Å². The van der Waals surface area contributed by atoms with Crippen LogP contribution in [0.3, 0.4) is 0 Å². The highest BCUT2D eigenvalue weighted by molar-refractivity contribution is 8.00. The molecule has 0 spiro atoms. The van der Waals surface area contributed by atoms with Gasteiger partial charge in [0.15, 0.2) is 0 Å². The van der Waals surface area contributed by atoms with Crippen LogP contribution in [0.5, 0.6) is 0 Å². The summed E-state index contributed by atoms with van der Waals surface area (Å²) in [4.78, 5) is 16.5. The number of nitrogens with zero attached hydrogens (tertiary/aromatic N) is 1. The summed E-state index contributed by atoms with van der Waals surface area (Å²) in [5.41, 5.74) is 5.90. The summed E-state index contributed by atoms with van der Waals surface area (Å²) in [5, 5.41) is 2.87. The van der Waals surface area contributed by atoms with Crippen LogP contribution in [-0.2, 0) is 4.79 Å². The largest absolute Gasteiger partial charge is 0.354 e. The molecule has 17 heavy (non-hydrogen) atoms. The summed E-state index contributed by atoms with van der Waals surface area (Å²) in [7, 11) is 0. The molecule has 1 atom stereocenters. The van der Waals surface area contributed by atoms with Crippen molar-refractivity contribution in [1.29, 1.82) is 0 Å². The molecule has 1 heterocycles. The molecule has 1 aromatic heterocycles. The SMILES string of the molecule is NC(CNC(=O)CSc1ccncc1)C1CC1. The minimum atomic E-state index is 0.0444. The first-order valence-corrected chi connectivity index (χ1v) is 6.79. The summed E-state index contributed by atoms with van der Waals surface area (Å²) >= 11 is 1.51. The average Bonchev–Trinajstić information content (AvgIpc) is 3.19. The number of pyridine rings is 1. The van der Waals surface area contributed by atoms with Crippen molar-refractivity contribution in [2.75, 3.05) is 12.3 Å². The number of nitrogens with one attached hydrogen (secondary N) is 1. The zero-order valence-electron chi connectivity index (χ0n) is 9.63. The van der Waals surface area contributed by atoms with Crippen LogP contribution in [-0.4, -0.2) is 29.2 Å². The van der Waals surface area contributed by atoms with E-state index in [1.165, 1.54) is 24.6 Å². The van der Waals surface area contributed by atoms with Gasteiger partial charge in [0.2, 0.25) is 5.91 Å². The minimum Gasteiger partial charge on any atom is -0.354 e. The standard InChI is InChI=1S/C12H17N3OS/c13-11(9-1-2-9)7-15-12(16)8-17-10-3-5-14-6-4-10/h3-6,9,11H,1-2,7-8,13H2,(H,15,16). The molecule has 1 fully saturated rings. The van der Waals surface area contributed by atoms with E-state index < -0.39 is 0 Å². The normalized spacial score (nSPS) is 16.5. The van der Waals surface area contributed by atoms with Gasteiger partial charge in [0, 0.05) is 29.9 Å². The lowest BCUT2D eigenvalue weighted by Gasteiger charge is -2.11. The van der Waals surface area contributed by atoms with Gasteiger partial charge in [-0.1, -0.05) is 0 Å². The molecule has 0 radical (unpaired) electrons. The van der Waals surface area contributed by atoms with Gasteiger partial charge in [0.05, 0.1) is 5.75 Å². The van der Waals surface area contributed by atoms with Crippen molar-refractivity contribution in [2.24, 2.45) is 11.7 Å². The molecule has 0 aromatic carbocycles. The quantitative estimate of drug-likeness (QED) is 0.741. The van der Waals surface area contributed by atoms with Gasteiger partial charge in [0.1, 0.15) is 0 Å². The lowest BCUT2D eigenvalue weighted by atomic mass is 10.2. The fourth-order valence-corrected chi connectivity index (χ4v) is 2.27. The molecule has 4 nitrogen and oxygen atoms in total. The molecule has 1 aliphatic rings. The highest BCUT2D eigenvalue weighted by Crippen LogP contribution is 2.31. The molecule has 1 aliphatic carbocycles. The number of aromatic nitrogens is 1. The summed E-state index contributed by atoms with van der Waals surface area (Å²) in [5.74, 6) is 1.10. The Balaban J connectivity index is 1.63. The molecule has 2 rings (SSSR count). The van der Waals surface area contributed by atoms with Crippen LogP contribution in [0.15, 0.2) is 29.4 Å². The zero-order chi connectivity index (χ0) is 12.1. The maximum absolute atomic E-state index is 11.6. The minimum absolute atomic E-state index is 0.0444. The molecule has 1 unspecified atom stereocenters. The van der Waals surface area contributed by atoms with Crippen LogP contribution in [0.2, 0.25) is 0 Å². The van der Waals surface area contributed by atoms with E-state index in [-0.39, 0.29) is 11.9 Å². The first-order chi connectivity index (χ1) is 8.25. The van der Waals surface area contributed by atoms with E-state index >= 15 is 0 Å². The van der Waals surface area contributed by atoms with Gasteiger partial charge in [-0.2, -0.15) is 0 Å². The Morgan fingerprint density at radius 3 is 2.88 bits per heavy atom. The van der Waals surface area contributed by atoms with Crippen LogP contribution in [0.25, 0.3) is 0 Å². The Labute approximate surface area is 105 Å². The third-order valence-corrected chi connectivity index (χ3v) is 3.79. The number of carbonyl (C=O) groups is 1. The van der Waals surface area contributed by atoms with Crippen LogP contribution in [0.1, 0.15) is 12.8 Å². The second-order valence-electron chi connectivity index (χ2n) is 4.28. The van der Waals surface area contributed by atoms with Crippen LogP contribution in [0, 0.1) is 5.92 Å². The van der Waals surface area contributed by atoms with E-state index in [4.69, 9.17) is 5.73 Å². The second-order valence-corrected chi connectivity index (χ2v) is 5.33. The molecule has 1 saturated carbocycles. The van der Waals surface area contributed by atoms with Crippen LogP contribution in [0.4, 0.5) is 0 Å². The van der Waals surface area contributed by atoms with Crippen LogP contribution < -0.4 is 11.1 Å². The van der Waals surface area contributed by atoms with E-state index in [9.17, 15) is 4.79 Å². The summed E-state index contributed by atoms with van der Waals surface area (Å²) in [6.07, 6.45) is 5.87. The number of hydrogen-bond acceptors (Lipinski definition) is 4. The molecule has 0 saturated heterocycles. The monoisotopic (exact) mass is 251 g/mol. The van der Waals surface area contributed by atoms with Crippen molar-refractivity contribution >= 4 is 17.7 Å². The smallest absolute Gasteiger partial charge is 0.230 e. The van der Waals surface area contributed by atoms with E-state index in [1.54, 1.807) is 12.4 Å². The number of nitrogens with two attached hydrogens (primary N) is 1. The maximum Gasteiger partial charge on any atom is 0.230 e. The highest BCUT2D eigenvalue weighted by atomic mass is 32.2. The Morgan fingerprint density at radius 1 is 1.53 bits per heavy atom. The third kappa shape index (κ3) is 4.36. The molecule has 1 amide bonds. The Bertz CT molecular complexity index is 367. The molecule has 3 N–H and O–H groups in total. The zero-order valence-corrected chi connectivity index (χ0v) is 10.5. The number of carbonyl (C=O) groups excluding carboxylic acids is 1. The van der Waals surface area contributed by atoms with Crippen molar-refractivity contribution < 1.29 is 4.79 Å². The predicted molar refractivity (Wildman–Crippen MR) is 68.7 cm³/mol. The van der Waals surface area contributed by atoms with Gasteiger partial charge in [-0.15, -0.1) is 11.8 Å². The maximum atomic E-state index is 11.6. The second kappa shape index (κ2) is 6.02. The molecule has 0 aliphatic heterocycles. The number of hydrogen-bond donors (Lipinski definition) is 2.